The number of halogens is 3. The molecule has 0 unspecified atom stereocenters. The third-order valence-corrected chi connectivity index (χ3v) is 5.18. The minimum atomic E-state index is -4.63. The number of benzene rings is 2. The number of fused-ring (bicyclic) bond motifs is 1. The molecule has 3 rings (SSSR count). The van der Waals surface area contributed by atoms with E-state index >= 15 is 0 Å². The summed E-state index contributed by atoms with van der Waals surface area (Å²) in [5.41, 5.74) is 1.70. The summed E-state index contributed by atoms with van der Waals surface area (Å²) in [5, 5.41) is 0. The van der Waals surface area contributed by atoms with E-state index in [-0.39, 0.29) is 5.69 Å². The Kier molecular flexibility index (Phi) is 4.35. The Morgan fingerprint density at radius 3 is 2.23 bits per heavy atom. The van der Waals surface area contributed by atoms with Crippen molar-refractivity contribution in [3.63, 3.8) is 0 Å². The molecule has 0 saturated heterocycles. The van der Waals surface area contributed by atoms with Crippen molar-refractivity contribution >= 4 is 26.7 Å². The standard InChI is InChI=1S/C17H14F3N3O2S/c1-10-11(2)22-16-9-13(6-7-15(16)21-10)23-26(24,25)14-5-3-4-12(8-14)17(18,19)20/h3-9,23H,1-2H3. The quantitative estimate of drug-likeness (QED) is 0.742. The fraction of sp³-hybridized carbons (Fsp3) is 0.176. The molecular formula is C17H14F3N3O2S. The van der Waals surface area contributed by atoms with Gasteiger partial charge in [-0.2, -0.15) is 13.2 Å². The highest BCUT2D eigenvalue weighted by Gasteiger charge is 2.31. The summed E-state index contributed by atoms with van der Waals surface area (Å²) in [6.07, 6.45) is -4.63. The minimum absolute atomic E-state index is 0.187. The zero-order chi connectivity index (χ0) is 19.1. The van der Waals surface area contributed by atoms with Crippen molar-refractivity contribution in [1.29, 1.82) is 0 Å². The number of sulfonamides is 1. The molecule has 0 aliphatic rings. The molecule has 136 valence electrons. The van der Waals surface area contributed by atoms with E-state index in [1.54, 1.807) is 13.0 Å². The molecule has 1 heterocycles. The van der Waals surface area contributed by atoms with Crippen LogP contribution >= 0.6 is 0 Å². The third kappa shape index (κ3) is 3.62. The maximum Gasteiger partial charge on any atom is 0.416 e. The molecule has 9 heteroatoms. The van der Waals surface area contributed by atoms with Crippen molar-refractivity contribution in [1.82, 2.24) is 9.97 Å². The highest BCUT2D eigenvalue weighted by atomic mass is 32.2. The second kappa shape index (κ2) is 6.24. The average molecular weight is 381 g/mol. The van der Waals surface area contributed by atoms with Gasteiger partial charge in [-0.3, -0.25) is 4.72 Å². The van der Waals surface area contributed by atoms with Crippen LogP contribution in [-0.2, 0) is 16.2 Å². The largest absolute Gasteiger partial charge is 0.416 e. The van der Waals surface area contributed by atoms with Crippen LogP contribution < -0.4 is 4.72 Å². The number of nitrogens with zero attached hydrogens (tertiary/aromatic N) is 2. The van der Waals surface area contributed by atoms with Crippen molar-refractivity contribution in [2.45, 2.75) is 24.9 Å². The fourth-order valence-corrected chi connectivity index (χ4v) is 3.44. The average Bonchev–Trinajstić information content (AvgIpc) is 2.55. The number of aromatic nitrogens is 2. The first-order chi connectivity index (χ1) is 12.1. The second-order valence-electron chi connectivity index (χ2n) is 5.73. The molecule has 0 aliphatic heterocycles. The Balaban J connectivity index is 1.97. The Bertz CT molecular complexity index is 1100. The molecule has 3 aromatic rings. The van der Waals surface area contributed by atoms with Crippen LogP contribution in [-0.4, -0.2) is 18.4 Å². The van der Waals surface area contributed by atoms with E-state index in [0.29, 0.717) is 22.8 Å². The van der Waals surface area contributed by atoms with Gasteiger partial charge in [0.2, 0.25) is 0 Å². The van der Waals surface area contributed by atoms with Crippen molar-refractivity contribution < 1.29 is 21.6 Å². The molecule has 26 heavy (non-hydrogen) atoms. The van der Waals surface area contributed by atoms with Crippen molar-refractivity contribution in [2.24, 2.45) is 0 Å². The van der Waals surface area contributed by atoms with E-state index in [1.165, 1.54) is 12.1 Å². The molecule has 0 bridgehead atoms. The summed E-state index contributed by atoms with van der Waals surface area (Å²) in [7, 11) is -4.18. The first kappa shape index (κ1) is 18.1. The Hall–Kier alpha value is -2.68. The van der Waals surface area contributed by atoms with E-state index in [2.05, 4.69) is 14.7 Å². The van der Waals surface area contributed by atoms with Gasteiger partial charge in [0.15, 0.2) is 0 Å². The maximum atomic E-state index is 12.8. The number of rotatable bonds is 3. The first-order valence-electron chi connectivity index (χ1n) is 7.51. The summed E-state index contributed by atoms with van der Waals surface area (Å²) in [6.45, 7) is 3.59. The van der Waals surface area contributed by atoms with Gasteiger partial charge in [0, 0.05) is 0 Å². The highest BCUT2D eigenvalue weighted by molar-refractivity contribution is 7.92. The summed E-state index contributed by atoms with van der Waals surface area (Å²) in [5.74, 6) is 0. The van der Waals surface area contributed by atoms with E-state index in [4.69, 9.17) is 0 Å². The summed E-state index contributed by atoms with van der Waals surface area (Å²) in [4.78, 5) is 8.21. The van der Waals surface area contributed by atoms with Crippen LogP contribution in [0.15, 0.2) is 47.4 Å². The maximum absolute atomic E-state index is 12.8. The monoisotopic (exact) mass is 381 g/mol. The summed E-state index contributed by atoms with van der Waals surface area (Å²) in [6, 6.07) is 8.13. The molecule has 0 amide bonds. The zero-order valence-corrected chi connectivity index (χ0v) is 14.6. The molecule has 2 aromatic carbocycles. The molecule has 1 N–H and O–H groups in total. The van der Waals surface area contributed by atoms with Crippen LogP contribution in [0.1, 0.15) is 17.0 Å². The van der Waals surface area contributed by atoms with Crippen molar-refractivity contribution in [2.75, 3.05) is 4.72 Å². The topological polar surface area (TPSA) is 72.0 Å². The molecule has 0 aliphatic carbocycles. The minimum Gasteiger partial charge on any atom is -0.280 e. The van der Waals surface area contributed by atoms with Crippen molar-refractivity contribution in [3.05, 3.63) is 59.4 Å². The second-order valence-corrected chi connectivity index (χ2v) is 7.41. The Labute approximate surface area is 148 Å². The lowest BCUT2D eigenvalue weighted by Gasteiger charge is -2.11. The van der Waals surface area contributed by atoms with Gasteiger partial charge in [-0.15, -0.1) is 0 Å². The highest BCUT2D eigenvalue weighted by Crippen LogP contribution is 2.31. The fourth-order valence-electron chi connectivity index (χ4n) is 2.35. The number of aryl methyl sites for hydroxylation is 2. The van der Waals surface area contributed by atoms with Crippen LogP contribution in [0.3, 0.4) is 0 Å². The van der Waals surface area contributed by atoms with Crippen LogP contribution in [0.2, 0.25) is 0 Å². The SMILES string of the molecule is Cc1nc2ccc(NS(=O)(=O)c3cccc(C(F)(F)F)c3)cc2nc1C. The lowest BCUT2D eigenvalue weighted by molar-refractivity contribution is -0.137. The van der Waals surface area contributed by atoms with Crippen LogP contribution in [0.5, 0.6) is 0 Å². The van der Waals surface area contributed by atoms with Gasteiger partial charge in [0.05, 0.1) is 38.6 Å². The number of anilines is 1. The zero-order valence-electron chi connectivity index (χ0n) is 13.8. The van der Waals surface area contributed by atoms with Gasteiger partial charge >= 0.3 is 6.18 Å². The van der Waals surface area contributed by atoms with Crippen molar-refractivity contribution in [3.8, 4) is 0 Å². The van der Waals surface area contributed by atoms with Gasteiger partial charge in [-0.05, 0) is 50.2 Å². The summed E-state index contributed by atoms with van der Waals surface area (Å²) >= 11 is 0. The van der Waals surface area contributed by atoms with Gasteiger partial charge < -0.3 is 0 Å². The van der Waals surface area contributed by atoms with Crippen LogP contribution in [0, 0.1) is 13.8 Å². The number of alkyl halides is 3. The van der Waals surface area contributed by atoms with Gasteiger partial charge in [0.1, 0.15) is 0 Å². The van der Waals surface area contributed by atoms with E-state index in [0.717, 1.165) is 23.9 Å². The Morgan fingerprint density at radius 1 is 0.923 bits per heavy atom. The third-order valence-electron chi connectivity index (χ3n) is 3.80. The van der Waals surface area contributed by atoms with Crippen LogP contribution in [0.25, 0.3) is 11.0 Å². The predicted molar refractivity (Wildman–Crippen MR) is 91.3 cm³/mol. The summed E-state index contributed by atoms with van der Waals surface area (Å²) < 4.78 is 65.5. The van der Waals surface area contributed by atoms with Gasteiger partial charge in [-0.1, -0.05) is 6.07 Å². The lowest BCUT2D eigenvalue weighted by atomic mass is 10.2. The van der Waals surface area contributed by atoms with E-state index in [1.807, 2.05) is 6.92 Å². The van der Waals surface area contributed by atoms with Gasteiger partial charge in [0.25, 0.3) is 10.0 Å². The number of hydrogen-bond acceptors (Lipinski definition) is 4. The molecule has 5 nitrogen and oxygen atoms in total. The van der Waals surface area contributed by atoms with Crippen LogP contribution in [0.4, 0.5) is 18.9 Å². The molecule has 0 spiro atoms. The molecule has 0 radical (unpaired) electrons. The predicted octanol–water partition coefficient (Wildman–Crippen LogP) is 4.07. The van der Waals surface area contributed by atoms with E-state index < -0.39 is 26.7 Å². The lowest BCUT2D eigenvalue weighted by Crippen LogP contribution is -2.14. The molecule has 1 aromatic heterocycles. The first-order valence-corrected chi connectivity index (χ1v) is 9.00. The number of nitrogens with one attached hydrogen (secondary N) is 1. The smallest absolute Gasteiger partial charge is 0.280 e. The Morgan fingerprint density at radius 2 is 1.58 bits per heavy atom. The van der Waals surface area contributed by atoms with Gasteiger partial charge in [-0.25, -0.2) is 18.4 Å². The molecule has 0 fully saturated rings. The molecule has 0 saturated carbocycles. The molecular weight excluding hydrogens is 367 g/mol. The number of hydrogen-bond donors (Lipinski definition) is 1. The normalized spacial score (nSPS) is 12.3. The molecule has 0 atom stereocenters. The van der Waals surface area contributed by atoms with E-state index in [9.17, 15) is 21.6 Å².